The topological polar surface area (TPSA) is 49.7 Å². The van der Waals surface area contributed by atoms with E-state index in [9.17, 15) is 18.4 Å². The van der Waals surface area contributed by atoms with Gasteiger partial charge in [0.15, 0.2) is 6.29 Å². The summed E-state index contributed by atoms with van der Waals surface area (Å²) in [5.74, 6) is 0.178. The van der Waals surface area contributed by atoms with Crippen molar-refractivity contribution in [3.8, 4) is 0 Å². The summed E-state index contributed by atoms with van der Waals surface area (Å²) in [4.78, 5) is 30.6. The summed E-state index contributed by atoms with van der Waals surface area (Å²) in [7, 11) is 2.02. The fourth-order valence-electron chi connectivity index (χ4n) is 5.35. The summed E-state index contributed by atoms with van der Waals surface area (Å²) in [5.41, 5.74) is 1.44. The smallest absolute Gasteiger partial charge is 0.296 e. The van der Waals surface area contributed by atoms with Gasteiger partial charge in [0.1, 0.15) is 17.2 Å². The van der Waals surface area contributed by atoms with Crippen LogP contribution >= 0.6 is 0 Å². The molecule has 1 unspecified atom stereocenters. The zero-order valence-electron chi connectivity index (χ0n) is 21.4. The molecule has 35 heavy (non-hydrogen) atoms. The number of aliphatic imine (C=N–C) groups is 1. The van der Waals surface area contributed by atoms with E-state index in [-0.39, 0.29) is 22.8 Å². The van der Waals surface area contributed by atoms with Crippen LogP contribution < -0.4 is 0 Å². The molecule has 1 aliphatic rings. The number of nitrogens with zero attached hydrogens (tertiary/aromatic N) is 2. The molecule has 0 heterocycles. The van der Waals surface area contributed by atoms with Crippen LogP contribution in [0.5, 0.6) is 0 Å². The van der Waals surface area contributed by atoms with Crippen molar-refractivity contribution in [1.29, 1.82) is 0 Å². The lowest BCUT2D eigenvalue weighted by molar-refractivity contribution is -0.102. The van der Waals surface area contributed by atoms with Crippen LogP contribution in [0.25, 0.3) is 0 Å². The van der Waals surface area contributed by atoms with Crippen molar-refractivity contribution < 1.29 is 18.4 Å². The normalized spacial score (nSPS) is 22.2. The lowest BCUT2D eigenvalue weighted by Crippen LogP contribution is -2.50. The number of hydrogen-bond donors (Lipinski definition) is 0. The highest BCUT2D eigenvalue weighted by atomic mass is 19.1. The van der Waals surface area contributed by atoms with E-state index >= 15 is 0 Å². The summed E-state index contributed by atoms with van der Waals surface area (Å²) in [6.07, 6.45) is 5.02. The van der Waals surface area contributed by atoms with Crippen LogP contribution in [-0.2, 0) is 4.79 Å². The number of halogens is 2. The molecule has 0 bridgehead atoms. The SMILES string of the molecule is CCC(c1ccc(C(=O)F)cc1)N(C)C1(/N=C(\C=O)c2ccc(F)cc2)CCC(C(C)(C)C)CC1. The first-order valence-corrected chi connectivity index (χ1v) is 12.3. The Morgan fingerprint density at radius 2 is 1.63 bits per heavy atom. The van der Waals surface area contributed by atoms with Crippen LogP contribution in [0.15, 0.2) is 53.5 Å². The fraction of sp³-hybridized carbons (Fsp3) is 0.483. The minimum Gasteiger partial charge on any atom is -0.296 e. The Kier molecular flexibility index (Phi) is 8.37. The lowest BCUT2D eigenvalue weighted by atomic mass is 9.69. The van der Waals surface area contributed by atoms with Gasteiger partial charge in [-0.1, -0.05) is 39.8 Å². The Balaban J connectivity index is 2.03. The maximum absolute atomic E-state index is 13.5. The molecule has 1 fully saturated rings. The Bertz CT molecular complexity index is 1050. The second-order valence-electron chi connectivity index (χ2n) is 10.7. The maximum atomic E-state index is 13.5. The number of rotatable bonds is 8. The third-order valence-electron chi connectivity index (χ3n) is 7.62. The van der Waals surface area contributed by atoms with Crippen molar-refractivity contribution in [2.45, 2.75) is 71.5 Å². The van der Waals surface area contributed by atoms with Crippen LogP contribution in [0.2, 0.25) is 0 Å². The van der Waals surface area contributed by atoms with Gasteiger partial charge >= 0.3 is 6.04 Å². The zero-order valence-corrected chi connectivity index (χ0v) is 21.4. The molecular weight excluding hydrogens is 446 g/mol. The minimum absolute atomic E-state index is 0.0317. The predicted molar refractivity (Wildman–Crippen MR) is 136 cm³/mol. The molecule has 0 saturated heterocycles. The first-order chi connectivity index (χ1) is 16.5. The van der Waals surface area contributed by atoms with Crippen molar-refractivity contribution in [2.24, 2.45) is 16.3 Å². The van der Waals surface area contributed by atoms with Gasteiger partial charge in [-0.3, -0.25) is 19.5 Å². The van der Waals surface area contributed by atoms with Crippen LogP contribution in [0.1, 0.15) is 87.3 Å². The standard InChI is InChI=1S/C29H36F2N2O2/c1-6-26(21-7-9-22(10-8-21)27(31)35)33(5)29(17-15-23(16-18-29)28(2,3)4)32-25(19-34)20-11-13-24(30)14-12-20/h7-14,19,23,26H,6,15-18H2,1-5H3/b32-25+. The van der Waals surface area contributed by atoms with E-state index in [0.29, 0.717) is 17.2 Å². The van der Waals surface area contributed by atoms with Gasteiger partial charge in [-0.05, 0) is 92.4 Å². The summed E-state index contributed by atoms with van der Waals surface area (Å²) in [6.45, 7) is 8.86. The summed E-state index contributed by atoms with van der Waals surface area (Å²) in [5, 5.41) is 0. The number of aldehydes is 1. The molecule has 188 valence electrons. The molecule has 1 atom stereocenters. The van der Waals surface area contributed by atoms with Gasteiger partial charge in [0.05, 0.1) is 5.56 Å². The molecule has 0 aliphatic heterocycles. The van der Waals surface area contributed by atoms with Crippen molar-refractivity contribution in [3.05, 3.63) is 71.0 Å². The first-order valence-electron chi connectivity index (χ1n) is 12.3. The van der Waals surface area contributed by atoms with E-state index in [1.165, 1.54) is 24.3 Å². The Labute approximate surface area is 207 Å². The lowest BCUT2D eigenvalue weighted by Gasteiger charge is -2.49. The first kappa shape index (κ1) is 26.9. The second kappa shape index (κ2) is 10.9. The molecule has 6 heteroatoms. The molecule has 1 aliphatic carbocycles. The Morgan fingerprint density at radius 1 is 1.09 bits per heavy atom. The Hall–Kier alpha value is -2.73. The second-order valence-corrected chi connectivity index (χ2v) is 10.7. The van der Waals surface area contributed by atoms with E-state index in [0.717, 1.165) is 44.0 Å². The van der Waals surface area contributed by atoms with E-state index < -0.39 is 11.7 Å². The molecule has 3 rings (SSSR count). The van der Waals surface area contributed by atoms with E-state index in [1.807, 2.05) is 7.05 Å². The average Bonchev–Trinajstić information content (AvgIpc) is 2.83. The number of carbonyl (C=O) groups is 2. The molecule has 0 radical (unpaired) electrons. The van der Waals surface area contributed by atoms with E-state index in [4.69, 9.17) is 4.99 Å². The maximum Gasteiger partial charge on any atom is 0.332 e. The van der Waals surface area contributed by atoms with Gasteiger partial charge < -0.3 is 0 Å². The molecule has 1 saturated carbocycles. The minimum atomic E-state index is -1.45. The van der Waals surface area contributed by atoms with Crippen molar-refractivity contribution in [2.75, 3.05) is 7.05 Å². The van der Waals surface area contributed by atoms with E-state index in [1.54, 1.807) is 24.3 Å². The summed E-state index contributed by atoms with van der Waals surface area (Å²) in [6, 6.07) is 10.9. The molecule has 2 aromatic rings. The summed E-state index contributed by atoms with van der Waals surface area (Å²) >= 11 is 0. The molecule has 2 aromatic carbocycles. The van der Waals surface area contributed by atoms with Crippen LogP contribution in [0, 0.1) is 17.2 Å². The molecule has 0 spiro atoms. The highest BCUT2D eigenvalue weighted by Gasteiger charge is 2.43. The van der Waals surface area contributed by atoms with E-state index in [2.05, 4.69) is 32.6 Å². The van der Waals surface area contributed by atoms with Gasteiger partial charge in [0, 0.05) is 11.6 Å². The summed E-state index contributed by atoms with van der Waals surface area (Å²) < 4.78 is 26.6. The number of benzene rings is 2. The third-order valence-corrected chi connectivity index (χ3v) is 7.62. The van der Waals surface area contributed by atoms with Gasteiger partial charge in [-0.2, -0.15) is 4.39 Å². The highest BCUT2D eigenvalue weighted by molar-refractivity contribution is 6.36. The third kappa shape index (κ3) is 6.10. The zero-order chi connectivity index (χ0) is 25.8. The van der Waals surface area contributed by atoms with Crippen molar-refractivity contribution >= 4 is 18.0 Å². The van der Waals surface area contributed by atoms with Gasteiger partial charge in [-0.25, -0.2) is 4.39 Å². The van der Waals surface area contributed by atoms with Crippen molar-refractivity contribution in [1.82, 2.24) is 4.90 Å². The molecule has 0 aromatic heterocycles. The monoisotopic (exact) mass is 482 g/mol. The molecule has 0 N–H and O–H groups in total. The average molecular weight is 483 g/mol. The van der Waals surface area contributed by atoms with Gasteiger partial charge in [0.2, 0.25) is 0 Å². The predicted octanol–water partition coefficient (Wildman–Crippen LogP) is 6.94. The Morgan fingerprint density at radius 3 is 2.09 bits per heavy atom. The highest BCUT2D eigenvalue weighted by Crippen LogP contribution is 2.46. The number of carbonyl (C=O) groups excluding carboxylic acids is 2. The van der Waals surface area contributed by atoms with Crippen LogP contribution in [0.4, 0.5) is 8.78 Å². The number of hydrogen-bond acceptors (Lipinski definition) is 4. The molecule has 4 nitrogen and oxygen atoms in total. The van der Waals surface area contributed by atoms with Crippen LogP contribution in [0.3, 0.4) is 0 Å². The molecule has 0 amide bonds. The fourth-order valence-corrected chi connectivity index (χ4v) is 5.35. The molecular formula is C29H36F2N2O2. The van der Waals surface area contributed by atoms with Crippen LogP contribution in [-0.4, -0.2) is 35.6 Å². The van der Waals surface area contributed by atoms with Gasteiger partial charge in [-0.15, -0.1) is 0 Å². The largest absolute Gasteiger partial charge is 0.332 e. The van der Waals surface area contributed by atoms with Crippen molar-refractivity contribution in [3.63, 3.8) is 0 Å². The van der Waals surface area contributed by atoms with Gasteiger partial charge in [0.25, 0.3) is 0 Å². The quantitative estimate of drug-likeness (QED) is 0.233.